The molecule has 1 aliphatic rings. The highest BCUT2D eigenvalue weighted by Gasteiger charge is 2.28. The van der Waals surface area contributed by atoms with Crippen molar-refractivity contribution in [2.75, 3.05) is 35.8 Å². The number of anilines is 3. The maximum Gasteiger partial charge on any atom is 0.341 e. The molecule has 1 saturated carbocycles. The van der Waals surface area contributed by atoms with Crippen molar-refractivity contribution in [3.05, 3.63) is 47.2 Å². The molecule has 0 aromatic heterocycles. The summed E-state index contributed by atoms with van der Waals surface area (Å²) in [6, 6.07) is 8.65. The lowest BCUT2D eigenvalue weighted by atomic mass is 9.90. The molecule has 210 valence electrons. The number of urea groups is 1. The van der Waals surface area contributed by atoms with Gasteiger partial charge in [0.15, 0.2) is 6.61 Å². The van der Waals surface area contributed by atoms with E-state index in [0.717, 1.165) is 44.0 Å². The fraction of sp³-hybridized carbons (Fsp3) is 0.500. The maximum absolute atomic E-state index is 14.2. The smallest absolute Gasteiger partial charge is 0.341 e. The summed E-state index contributed by atoms with van der Waals surface area (Å²) >= 11 is 5.80. The summed E-state index contributed by atoms with van der Waals surface area (Å²) in [5, 5.41) is 14.5. The lowest BCUT2D eigenvalue weighted by molar-refractivity contribution is -0.139. The summed E-state index contributed by atoms with van der Waals surface area (Å²) in [4.78, 5) is 26.1. The molecule has 3 N–H and O–H groups in total. The molecule has 3 rings (SSSR count). The number of carbonyl (C=O) groups is 2. The Balaban J connectivity index is 0.00000247. The Kier molecular flexibility index (Phi) is 12.6. The molecule has 0 heterocycles. The standard InChI is InChI=1S/C26H33ClFN3O5.C2H6/c1-16(2)14-31(18-5-7-19(35-3)8-6-18)24-11-9-20(36-15-25(32)33)13-23(24)30-26(34)29-22-10-4-17(27)12-21(22)28;1-2/h4,9-13,16,18-19H,5-8,14-15H2,1-3H3,(H,32,33)(H2,29,30,34);1-2H3. The van der Waals surface area contributed by atoms with Crippen LogP contribution in [0.5, 0.6) is 5.75 Å². The van der Waals surface area contributed by atoms with Crippen LogP contribution in [0.1, 0.15) is 53.4 Å². The molecular weight excluding hydrogens is 513 g/mol. The van der Waals surface area contributed by atoms with Gasteiger partial charge in [-0.05, 0) is 61.9 Å². The van der Waals surface area contributed by atoms with Gasteiger partial charge in [-0.3, -0.25) is 0 Å². The number of methoxy groups -OCH3 is 1. The van der Waals surface area contributed by atoms with Crippen LogP contribution in [0.25, 0.3) is 0 Å². The van der Waals surface area contributed by atoms with E-state index in [9.17, 15) is 14.0 Å². The van der Waals surface area contributed by atoms with Gasteiger partial charge in [-0.2, -0.15) is 0 Å². The minimum absolute atomic E-state index is 0.0198. The number of benzene rings is 2. The van der Waals surface area contributed by atoms with Crippen LogP contribution in [0.2, 0.25) is 5.02 Å². The number of halogens is 2. The van der Waals surface area contributed by atoms with Gasteiger partial charge in [-0.1, -0.05) is 39.3 Å². The van der Waals surface area contributed by atoms with Crippen LogP contribution in [-0.2, 0) is 9.53 Å². The summed E-state index contributed by atoms with van der Waals surface area (Å²) < 4.78 is 25.1. The van der Waals surface area contributed by atoms with Gasteiger partial charge in [0, 0.05) is 30.8 Å². The second-order valence-electron chi connectivity index (χ2n) is 9.28. The van der Waals surface area contributed by atoms with E-state index < -0.39 is 24.4 Å². The third kappa shape index (κ3) is 9.36. The summed E-state index contributed by atoms with van der Waals surface area (Å²) in [6.45, 7) is 8.49. The zero-order valence-corrected chi connectivity index (χ0v) is 23.5. The van der Waals surface area contributed by atoms with E-state index in [0.29, 0.717) is 17.4 Å². The Bertz CT molecular complexity index is 1060. The molecule has 2 amide bonds. The van der Waals surface area contributed by atoms with Crippen molar-refractivity contribution in [3.8, 4) is 5.75 Å². The fourth-order valence-corrected chi connectivity index (χ4v) is 4.56. The topological polar surface area (TPSA) is 100 Å². The molecule has 0 atom stereocenters. The van der Waals surface area contributed by atoms with E-state index in [2.05, 4.69) is 29.4 Å². The first-order valence-electron chi connectivity index (χ1n) is 13.0. The number of amides is 2. The number of hydrogen-bond acceptors (Lipinski definition) is 5. The van der Waals surface area contributed by atoms with Crippen molar-refractivity contribution < 1.29 is 28.6 Å². The highest BCUT2D eigenvalue weighted by molar-refractivity contribution is 6.30. The monoisotopic (exact) mass is 551 g/mol. The number of hydrogen-bond donors (Lipinski definition) is 3. The van der Waals surface area contributed by atoms with Gasteiger partial charge in [0.1, 0.15) is 11.6 Å². The molecule has 38 heavy (non-hydrogen) atoms. The predicted octanol–water partition coefficient (Wildman–Crippen LogP) is 7.03. The van der Waals surface area contributed by atoms with Gasteiger partial charge >= 0.3 is 12.0 Å². The van der Waals surface area contributed by atoms with Crippen molar-refractivity contribution in [2.45, 2.75) is 65.5 Å². The first-order chi connectivity index (χ1) is 18.2. The number of carbonyl (C=O) groups excluding carboxylic acids is 1. The zero-order chi connectivity index (χ0) is 28.2. The molecule has 0 saturated heterocycles. The number of aliphatic carboxylic acids is 1. The molecule has 10 heteroatoms. The maximum atomic E-state index is 14.2. The van der Waals surface area contributed by atoms with Crippen molar-refractivity contribution in [1.82, 2.24) is 0 Å². The molecule has 2 aromatic rings. The molecule has 0 aliphatic heterocycles. The van der Waals surface area contributed by atoms with E-state index in [1.54, 1.807) is 19.2 Å². The largest absolute Gasteiger partial charge is 0.482 e. The van der Waals surface area contributed by atoms with E-state index in [4.69, 9.17) is 26.2 Å². The minimum atomic E-state index is -1.11. The SMILES string of the molecule is CC.COC1CCC(N(CC(C)C)c2ccc(OCC(=O)O)cc2NC(=O)Nc2ccc(Cl)cc2F)CC1. The van der Waals surface area contributed by atoms with Crippen LogP contribution in [-0.4, -0.2) is 49.5 Å². The van der Waals surface area contributed by atoms with E-state index in [-0.39, 0.29) is 22.9 Å². The number of nitrogens with one attached hydrogen (secondary N) is 2. The van der Waals surface area contributed by atoms with Crippen molar-refractivity contribution in [2.24, 2.45) is 5.92 Å². The molecule has 1 aliphatic carbocycles. The summed E-state index contributed by atoms with van der Waals surface area (Å²) in [7, 11) is 1.73. The molecular formula is C28H39ClFN3O5. The summed E-state index contributed by atoms with van der Waals surface area (Å²) in [6.07, 6.45) is 3.99. The summed E-state index contributed by atoms with van der Waals surface area (Å²) in [5.74, 6) is -1.13. The average molecular weight is 552 g/mol. The van der Waals surface area contributed by atoms with Crippen molar-refractivity contribution in [1.29, 1.82) is 0 Å². The Morgan fingerprint density at radius 3 is 2.32 bits per heavy atom. The third-order valence-corrected chi connectivity index (χ3v) is 6.28. The van der Waals surface area contributed by atoms with Crippen molar-refractivity contribution in [3.63, 3.8) is 0 Å². The van der Waals surface area contributed by atoms with Gasteiger partial charge in [0.05, 0.1) is 23.2 Å². The third-order valence-electron chi connectivity index (χ3n) is 6.05. The molecule has 8 nitrogen and oxygen atoms in total. The number of carboxylic acid groups (broad SMARTS) is 1. The van der Waals surface area contributed by atoms with Gasteiger partial charge in [0.2, 0.25) is 0 Å². The van der Waals surface area contributed by atoms with E-state index in [1.807, 2.05) is 19.9 Å². The van der Waals surface area contributed by atoms with Crippen LogP contribution < -0.4 is 20.3 Å². The highest BCUT2D eigenvalue weighted by Crippen LogP contribution is 2.36. The molecule has 2 aromatic carbocycles. The van der Waals surface area contributed by atoms with Crippen LogP contribution in [0.4, 0.5) is 26.2 Å². The van der Waals surface area contributed by atoms with Crippen LogP contribution >= 0.6 is 11.6 Å². The van der Waals surface area contributed by atoms with Crippen molar-refractivity contribution >= 4 is 40.7 Å². The second kappa shape index (κ2) is 15.4. The average Bonchev–Trinajstić information content (AvgIpc) is 2.89. The molecule has 0 radical (unpaired) electrons. The fourth-order valence-electron chi connectivity index (χ4n) is 4.40. The van der Waals surface area contributed by atoms with E-state index >= 15 is 0 Å². The molecule has 1 fully saturated rings. The van der Waals surface area contributed by atoms with Gasteiger partial charge in [-0.25, -0.2) is 14.0 Å². The Labute approximate surface area is 229 Å². The van der Waals surface area contributed by atoms with E-state index in [1.165, 1.54) is 12.1 Å². The molecule has 0 bridgehead atoms. The zero-order valence-electron chi connectivity index (χ0n) is 22.7. The number of rotatable bonds is 10. The number of carboxylic acids is 1. The quantitative estimate of drug-likeness (QED) is 0.293. The first-order valence-corrected chi connectivity index (χ1v) is 13.3. The van der Waals surface area contributed by atoms with Crippen LogP contribution in [0.15, 0.2) is 36.4 Å². The lowest BCUT2D eigenvalue weighted by Gasteiger charge is -2.40. The molecule has 0 spiro atoms. The minimum Gasteiger partial charge on any atom is -0.482 e. The lowest BCUT2D eigenvalue weighted by Crippen LogP contribution is -2.42. The van der Waals surface area contributed by atoms with Gasteiger partial charge < -0.3 is 30.1 Å². The van der Waals surface area contributed by atoms with Gasteiger partial charge in [0.25, 0.3) is 0 Å². The Morgan fingerprint density at radius 1 is 1.08 bits per heavy atom. The Hall–Kier alpha value is -3.04. The normalized spacial score (nSPS) is 16.7. The Morgan fingerprint density at radius 2 is 1.74 bits per heavy atom. The predicted molar refractivity (Wildman–Crippen MR) is 150 cm³/mol. The van der Waals surface area contributed by atoms with Gasteiger partial charge in [-0.15, -0.1) is 0 Å². The second-order valence-corrected chi connectivity index (χ2v) is 9.71. The highest BCUT2D eigenvalue weighted by atomic mass is 35.5. The molecule has 0 unspecified atom stereocenters. The first kappa shape index (κ1) is 31.2. The van der Waals surface area contributed by atoms with Crippen LogP contribution in [0, 0.1) is 11.7 Å². The summed E-state index contributed by atoms with van der Waals surface area (Å²) in [5.41, 5.74) is 1.19. The van der Waals surface area contributed by atoms with Crippen LogP contribution in [0.3, 0.4) is 0 Å². The number of ether oxygens (including phenoxy) is 2. The number of nitrogens with zero attached hydrogens (tertiary/aromatic N) is 1.